The zero-order chi connectivity index (χ0) is 13.8. The van der Waals surface area contributed by atoms with Crippen LogP contribution in [0.4, 0.5) is 0 Å². The number of unbranched alkanes of at least 4 members (excludes halogenated alkanes) is 4. The van der Waals surface area contributed by atoms with E-state index in [-0.39, 0.29) is 0 Å². The van der Waals surface area contributed by atoms with Crippen molar-refractivity contribution in [2.75, 3.05) is 39.5 Å². The van der Waals surface area contributed by atoms with E-state index in [0.717, 1.165) is 39.5 Å². The van der Waals surface area contributed by atoms with Gasteiger partial charge in [-0.3, -0.25) is 4.90 Å². The van der Waals surface area contributed by atoms with Crippen molar-refractivity contribution in [3.63, 3.8) is 0 Å². The predicted octanol–water partition coefficient (Wildman–Crippen LogP) is 2.59. The van der Waals surface area contributed by atoms with E-state index in [2.05, 4.69) is 24.2 Å². The molecule has 0 aromatic rings. The van der Waals surface area contributed by atoms with E-state index >= 15 is 0 Å². The number of hydroxylamine groups is 1. The lowest BCUT2D eigenvalue weighted by Crippen LogP contribution is -2.39. The van der Waals surface area contributed by atoms with Gasteiger partial charge in [0.25, 0.3) is 0 Å². The first kappa shape index (κ1) is 16.9. The van der Waals surface area contributed by atoms with E-state index < -0.39 is 0 Å². The molecule has 19 heavy (non-hydrogen) atoms. The molecule has 4 heteroatoms. The normalized spacial score (nSPS) is 18.6. The number of hydrogen-bond donors (Lipinski definition) is 1. The van der Waals surface area contributed by atoms with Crippen molar-refractivity contribution in [1.29, 1.82) is 0 Å². The maximum atomic E-state index is 5.54. The van der Waals surface area contributed by atoms with Gasteiger partial charge in [-0.05, 0) is 13.3 Å². The van der Waals surface area contributed by atoms with Crippen molar-refractivity contribution in [3.05, 3.63) is 0 Å². The molecule has 0 aliphatic carbocycles. The number of ether oxygens (including phenoxy) is 1. The summed E-state index contributed by atoms with van der Waals surface area (Å²) in [5.74, 6) is 0. The van der Waals surface area contributed by atoms with Gasteiger partial charge in [-0.2, -0.15) is 5.48 Å². The van der Waals surface area contributed by atoms with Crippen LogP contribution in [0.5, 0.6) is 0 Å². The highest BCUT2D eigenvalue weighted by molar-refractivity contribution is 4.61. The van der Waals surface area contributed by atoms with Crippen LogP contribution in [0, 0.1) is 0 Å². The van der Waals surface area contributed by atoms with Gasteiger partial charge in [0.2, 0.25) is 0 Å². The van der Waals surface area contributed by atoms with E-state index in [1.807, 2.05) is 0 Å². The van der Waals surface area contributed by atoms with Crippen LogP contribution in [-0.4, -0.2) is 50.4 Å². The topological polar surface area (TPSA) is 33.7 Å². The Balaban J connectivity index is 1.85. The standard InChI is InChI=1S/C15H32N2O2/c1-3-4-5-6-7-8-15(2)16-19-14-11-17-9-12-18-13-10-17/h15-16H,3-14H2,1-2H3. The summed E-state index contributed by atoms with van der Waals surface area (Å²) in [5, 5.41) is 0. The van der Waals surface area contributed by atoms with Crippen molar-refractivity contribution in [3.8, 4) is 0 Å². The molecule has 0 amide bonds. The number of morpholine rings is 1. The van der Waals surface area contributed by atoms with Crippen molar-refractivity contribution in [1.82, 2.24) is 10.4 Å². The molecule has 0 radical (unpaired) electrons. The third kappa shape index (κ3) is 9.38. The van der Waals surface area contributed by atoms with E-state index in [0.29, 0.717) is 6.04 Å². The first-order chi connectivity index (χ1) is 9.33. The van der Waals surface area contributed by atoms with Crippen molar-refractivity contribution >= 4 is 0 Å². The molecule has 1 N–H and O–H groups in total. The lowest BCUT2D eigenvalue weighted by Gasteiger charge is -2.26. The van der Waals surface area contributed by atoms with E-state index in [1.54, 1.807) is 0 Å². The summed E-state index contributed by atoms with van der Waals surface area (Å²) in [4.78, 5) is 7.93. The fourth-order valence-electron chi connectivity index (χ4n) is 2.31. The Morgan fingerprint density at radius 3 is 2.63 bits per heavy atom. The fourth-order valence-corrected chi connectivity index (χ4v) is 2.31. The monoisotopic (exact) mass is 272 g/mol. The largest absolute Gasteiger partial charge is 0.379 e. The van der Waals surface area contributed by atoms with E-state index in [1.165, 1.54) is 38.5 Å². The van der Waals surface area contributed by atoms with Crippen LogP contribution in [0.2, 0.25) is 0 Å². The minimum absolute atomic E-state index is 0.464. The summed E-state index contributed by atoms with van der Waals surface area (Å²) < 4.78 is 5.32. The number of nitrogens with zero attached hydrogens (tertiary/aromatic N) is 1. The lowest BCUT2D eigenvalue weighted by atomic mass is 10.1. The number of hydrogen-bond acceptors (Lipinski definition) is 4. The van der Waals surface area contributed by atoms with E-state index in [9.17, 15) is 0 Å². The van der Waals surface area contributed by atoms with Gasteiger partial charge in [0.05, 0.1) is 19.8 Å². The summed E-state index contributed by atoms with van der Waals surface area (Å²) in [5.41, 5.74) is 3.16. The van der Waals surface area contributed by atoms with Crippen LogP contribution < -0.4 is 5.48 Å². The van der Waals surface area contributed by atoms with Crippen molar-refractivity contribution in [2.45, 2.75) is 58.4 Å². The van der Waals surface area contributed by atoms with Gasteiger partial charge in [0.1, 0.15) is 0 Å². The van der Waals surface area contributed by atoms with Gasteiger partial charge < -0.3 is 9.57 Å². The van der Waals surface area contributed by atoms with Crippen LogP contribution in [0.25, 0.3) is 0 Å². The minimum Gasteiger partial charge on any atom is -0.379 e. The molecule has 1 atom stereocenters. The van der Waals surface area contributed by atoms with Gasteiger partial charge in [-0.25, -0.2) is 0 Å². The molecule has 0 spiro atoms. The van der Waals surface area contributed by atoms with Crippen LogP contribution in [0.1, 0.15) is 52.4 Å². The molecule has 0 saturated carbocycles. The summed E-state index contributed by atoms with van der Waals surface area (Å²) in [6.45, 7) is 10.0. The SMILES string of the molecule is CCCCCCCC(C)NOCCN1CCOCC1. The Hall–Kier alpha value is -0.160. The van der Waals surface area contributed by atoms with Gasteiger partial charge in [0, 0.05) is 25.7 Å². The quantitative estimate of drug-likeness (QED) is 0.463. The Bertz CT molecular complexity index is 197. The first-order valence-electron chi connectivity index (χ1n) is 8.00. The predicted molar refractivity (Wildman–Crippen MR) is 79.2 cm³/mol. The van der Waals surface area contributed by atoms with E-state index in [4.69, 9.17) is 9.57 Å². The number of rotatable bonds is 11. The molecule has 0 bridgehead atoms. The Morgan fingerprint density at radius 2 is 1.89 bits per heavy atom. The third-order valence-corrected chi connectivity index (χ3v) is 3.64. The number of nitrogens with one attached hydrogen (secondary N) is 1. The molecule has 1 unspecified atom stereocenters. The molecule has 1 aliphatic heterocycles. The Labute approximate surface area is 118 Å². The Kier molecular flexibility index (Phi) is 10.4. The molecule has 1 fully saturated rings. The summed E-state index contributed by atoms with van der Waals surface area (Å²) in [6.07, 6.45) is 7.94. The molecule has 1 saturated heterocycles. The minimum atomic E-state index is 0.464. The molecule has 0 aromatic heterocycles. The summed E-state index contributed by atoms with van der Waals surface area (Å²) in [6, 6.07) is 0.464. The highest BCUT2D eigenvalue weighted by Gasteiger charge is 2.09. The second kappa shape index (κ2) is 11.6. The zero-order valence-corrected chi connectivity index (χ0v) is 12.8. The highest BCUT2D eigenvalue weighted by Crippen LogP contribution is 2.07. The summed E-state index contributed by atoms with van der Waals surface area (Å²) in [7, 11) is 0. The smallest absolute Gasteiger partial charge is 0.0809 e. The van der Waals surface area contributed by atoms with Crippen molar-refractivity contribution in [2.24, 2.45) is 0 Å². The second-order valence-electron chi connectivity index (χ2n) is 5.52. The molecule has 1 heterocycles. The fraction of sp³-hybridized carbons (Fsp3) is 1.00. The van der Waals surface area contributed by atoms with Gasteiger partial charge in [0.15, 0.2) is 0 Å². The second-order valence-corrected chi connectivity index (χ2v) is 5.52. The van der Waals surface area contributed by atoms with Crippen LogP contribution in [0.15, 0.2) is 0 Å². The van der Waals surface area contributed by atoms with Crippen LogP contribution >= 0.6 is 0 Å². The molecule has 114 valence electrons. The van der Waals surface area contributed by atoms with Crippen LogP contribution in [-0.2, 0) is 9.57 Å². The van der Waals surface area contributed by atoms with Crippen molar-refractivity contribution < 1.29 is 9.57 Å². The molecule has 0 aromatic carbocycles. The van der Waals surface area contributed by atoms with Crippen LogP contribution in [0.3, 0.4) is 0 Å². The average Bonchev–Trinajstić information content (AvgIpc) is 2.44. The first-order valence-corrected chi connectivity index (χ1v) is 8.00. The maximum Gasteiger partial charge on any atom is 0.0809 e. The lowest BCUT2D eigenvalue weighted by molar-refractivity contribution is -0.0157. The molecule has 4 nitrogen and oxygen atoms in total. The highest BCUT2D eigenvalue weighted by atomic mass is 16.6. The molecular formula is C15H32N2O2. The molecule has 1 rings (SSSR count). The molecule has 1 aliphatic rings. The Morgan fingerprint density at radius 1 is 1.16 bits per heavy atom. The van der Waals surface area contributed by atoms with Gasteiger partial charge >= 0.3 is 0 Å². The summed E-state index contributed by atoms with van der Waals surface area (Å²) >= 11 is 0. The van der Waals surface area contributed by atoms with Gasteiger partial charge in [-0.1, -0.05) is 39.0 Å². The average molecular weight is 272 g/mol. The zero-order valence-electron chi connectivity index (χ0n) is 12.8. The molecular weight excluding hydrogens is 240 g/mol. The third-order valence-electron chi connectivity index (χ3n) is 3.64. The van der Waals surface area contributed by atoms with Gasteiger partial charge in [-0.15, -0.1) is 0 Å². The maximum absolute atomic E-state index is 5.54.